The number of hydrogen-bond donors (Lipinski definition) is 3. The lowest BCUT2D eigenvalue weighted by molar-refractivity contribution is 0.282. The number of aromatic nitrogens is 8. The Hall–Kier alpha value is -5.02. The van der Waals surface area contributed by atoms with Crippen LogP contribution in [0.2, 0.25) is 0 Å². The van der Waals surface area contributed by atoms with E-state index < -0.39 is 0 Å². The first-order valence-corrected chi connectivity index (χ1v) is 16.2. The lowest BCUT2D eigenvalue weighted by Gasteiger charge is -2.08. The summed E-state index contributed by atoms with van der Waals surface area (Å²) < 4.78 is 0. The molecule has 9 nitrogen and oxygen atoms in total. The second-order valence-corrected chi connectivity index (χ2v) is 11.3. The van der Waals surface area contributed by atoms with Gasteiger partial charge in [0.25, 0.3) is 0 Å². The Balaban J connectivity index is 0.000000192. The highest BCUT2D eigenvalue weighted by Crippen LogP contribution is 2.31. The molecule has 0 spiro atoms. The van der Waals surface area contributed by atoms with Crippen LogP contribution in [0, 0.1) is 0 Å². The Morgan fingerprint density at radius 3 is 1.37 bits per heavy atom. The van der Waals surface area contributed by atoms with Crippen molar-refractivity contribution in [2.24, 2.45) is 0 Å². The van der Waals surface area contributed by atoms with E-state index in [1.54, 1.807) is 0 Å². The third kappa shape index (κ3) is 9.01. The summed E-state index contributed by atoms with van der Waals surface area (Å²) in [4.78, 5) is 0. The summed E-state index contributed by atoms with van der Waals surface area (Å²) in [7, 11) is 0. The van der Waals surface area contributed by atoms with Gasteiger partial charge >= 0.3 is 0 Å². The van der Waals surface area contributed by atoms with Gasteiger partial charge in [0.15, 0.2) is 0 Å². The first-order valence-electron chi connectivity index (χ1n) is 16.2. The molecule has 0 bridgehead atoms. The van der Waals surface area contributed by atoms with Crippen molar-refractivity contribution in [3.8, 4) is 45.0 Å². The number of hydrogen-bond acceptors (Lipinski definition) is 7. The predicted octanol–water partition coefficient (Wildman–Crippen LogP) is 8.24. The zero-order valence-corrected chi connectivity index (χ0v) is 26.4. The normalized spacial score (nSPS) is 10.8. The molecule has 0 radical (unpaired) electrons. The first kappa shape index (κ1) is 32.4. The molecule has 0 aliphatic heterocycles. The summed E-state index contributed by atoms with van der Waals surface area (Å²) >= 11 is 0. The Morgan fingerprint density at radius 1 is 0.500 bits per heavy atom. The fourth-order valence-electron chi connectivity index (χ4n) is 5.52. The van der Waals surface area contributed by atoms with Crippen LogP contribution in [-0.2, 0) is 13.0 Å². The molecule has 2 heterocycles. The van der Waals surface area contributed by atoms with Gasteiger partial charge in [0.2, 0.25) is 11.6 Å². The number of aryl methyl sites for hydroxylation is 1. The van der Waals surface area contributed by atoms with Gasteiger partial charge < -0.3 is 5.11 Å². The maximum Gasteiger partial charge on any atom is 0.205 e. The van der Waals surface area contributed by atoms with Crippen LogP contribution in [0.1, 0.15) is 69.4 Å². The second kappa shape index (κ2) is 17.5. The highest BCUT2D eigenvalue weighted by molar-refractivity contribution is 5.81. The van der Waals surface area contributed by atoms with E-state index in [1.807, 2.05) is 66.7 Å². The molecule has 3 N–H and O–H groups in total. The van der Waals surface area contributed by atoms with Crippen LogP contribution >= 0.6 is 0 Å². The van der Waals surface area contributed by atoms with Crippen LogP contribution < -0.4 is 0 Å². The van der Waals surface area contributed by atoms with Gasteiger partial charge in [0, 0.05) is 11.1 Å². The Labute approximate surface area is 270 Å². The summed E-state index contributed by atoms with van der Waals surface area (Å²) in [5.41, 5.74) is 8.65. The van der Waals surface area contributed by atoms with Gasteiger partial charge in [-0.05, 0) is 56.6 Å². The Bertz CT molecular complexity index is 1700. The SMILES string of the molecule is CCCCCCCCCCc1ccc(-c2ccccc2-c2nn[nH]n2)cc1.OCc1ccc(-c2ccccc2-c2nn[nH]n2)cc1. The standard InChI is InChI=1S/C23H30N4.C14H12N4O/c1-2-3-4-5-6-7-8-9-12-19-15-17-20(18-16-19)21-13-10-11-14-22(21)23-24-26-27-25-23;19-9-10-5-7-11(8-6-10)12-3-1-2-4-13(12)14-15-17-18-16-14/h10-11,13-18H,2-9,12H2,1H3,(H,24,25,26,27);1-8,19H,9H2,(H,15,16,17,18). The van der Waals surface area contributed by atoms with E-state index in [4.69, 9.17) is 5.11 Å². The number of benzene rings is 4. The van der Waals surface area contributed by atoms with Gasteiger partial charge in [-0.25, -0.2) is 0 Å². The van der Waals surface area contributed by atoms with Gasteiger partial charge in [-0.2, -0.15) is 10.4 Å². The largest absolute Gasteiger partial charge is 0.392 e. The van der Waals surface area contributed by atoms with Crippen molar-refractivity contribution in [2.75, 3.05) is 0 Å². The predicted molar refractivity (Wildman–Crippen MR) is 182 cm³/mol. The number of nitrogens with one attached hydrogen (secondary N) is 2. The summed E-state index contributed by atoms with van der Waals surface area (Å²) in [6.07, 6.45) is 12.1. The molecule has 236 valence electrons. The number of aliphatic hydroxyl groups excluding tert-OH is 1. The molecule has 6 aromatic rings. The molecule has 0 saturated heterocycles. The van der Waals surface area contributed by atoms with Crippen molar-refractivity contribution < 1.29 is 5.11 Å². The second-order valence-electron chi connectivity index (χ2n) is 11.3. The fourth-order valence-corrected chi connectivity index (χ4v) is 5.52. The van der Waals surface area contributed by atoms with E-state index in [1.165, 1.54) is 68.9 Å². The Kier molecular flexibility index (Phi) is 12.3. The number of unbranched alkanes of at least 4 members (excludes halogenated alkanes) is 7. The summed E-state index contributed by atoms with van der Waals surface area (Å²) in [5.74, 6) is 1.20. The van der Waals surface area contributed by atoms with E-state index in [0.717, 1.165) is 33.4 Å². The molecule has 46 heavy (non-hydrogen) atoms. The number of tetrazole rings is 2. The average Bonchev–Trinajstić information content (AvgIpc) is 3.86. The molecule has 0 unspecified atom stereocenters. The van der Waals surface area contributed by atoms with E-state index >= 15 is 0 Å². The molecular weight excluding hydrogens is 572 g/mol. The van der Waals surface area contributed by atoms with Crippen molar-refractivity contribution in [3.05, 3.63) is 108 Å². The van der Waals surface area contributed by atoms with E-state index in [2.05, 4.69) is 78.5 Å². The topological polar surface area (TPSA) is 129 Å². The van der Waals surface area contributed by atoms with Crippen LogP contribution in [0.15, 0.2) is 97.1 Å². The van der Waals surface area contributed by atoms with Gasteiger partial charge in [0.05, 0.1) is 6.61 Å². The number of rotatable bonds is 14. The monoisotopic (exact) mass is 614 g/mol. The molecule has 4 aromatic carbocycles. The molecule has 0 amide bonds. The number of H-pyrrole nitrogens is 2. The summed E-state index contributed by atoms with van der Waals surface area (Å²) in [6.45, 7) is 2.32. The number of nitrogens with zero attached hydrogens (tertiary/aromatic N) is 6. The van der Waals surface area contributed by atoms with Crippen molar-refractivity contribution in [1.82, 2.24) is 41.2 Å². The van der Waals surface area contributed by atoms with Crippen molar-refractivity contribution in [2.45, 2.75) is 71.3 Å². The minimum atomic E-state index is 0.0484. The van der Waals surface area contributed by atoms with Gasteiger partial charge in [-0.15, -0.1) is 20.4 Å². The fraction of sp³-hybridized carbons (Fsp3) is 0.297. The zero-order chi connectivity index (χ0) is 31.8. The smallest absolute Gasteiger partial charge is 0.205 e. The highest BCUT2D eigenvalue weighted by Gasteiger charge is 2.11. The molecule has 0 fully saturated rings. The maximum atomic E-state index is 9.07. The highest BCUT2D eigenvalue weighted by atomic mass is 16.3. The van der Waals surface area contributed by atoms with Crippen molar-refractivity contribution in [3.63, 3.8) is 0 Å². The summed E-state index contributed by atoms with van der Waals surface area (Å²) in [6, 6.07) is 32.8. The minimum absolute atomic E-state index is 0.0484. The molecule has 9 heteroatoms. The van der Waals surface area contributed by atoms with Crippen LogP contribution in [0.25, 0.3) is 45.0 Å². The quantitative estimate of drug-likeness (QED) is 0.105. The van der Waals surface area contributed by atoms with E-state index in [9.17, 15) is 0 Å². The molecule has 0 aliphatic rings. The Morgan fingerprint density at radius 2 is 0.935 bits per heavy atom. The molecule has 0 aliphatic carbocycles. The minimum Gasteiger partial charge on any atom is -0.392 e. The lowest BCUT2D eigenvalue weighted by atomic mass is 9.97. The number of aliphatic hydroxyl groups is 1. The van der Waals surface area contributed by atoms with Crippen LogP contribution in [-0.4, -0.2) is 46.4 Å². The molecule has 2 aromatic heterocycles. The van der Waals surface area contributed by atoms with E-state index in [0.29, 0.717) is 11.6 Å². The van der Waals surface area contributed by atoms with Crippen LogP contribution in [0.5, 0.6) is 0 Å². The molecule has 0 saturated carbocycles. The zero-order valence-electron chi connectivity index (χ0n) is 26.4. The van der Waals surface area contributed by atoms with Gasteiger partial charge in [-0.3, -0.25) is 0 Å². The molecular formula is C37H42N8O. The van der Waals surface area contributed by atoms with Crippen LogP contribution in [0.4, 0.5) is 0 Å². The van der Waals surface area contributed by atoms with Gasteiger partial charge in [0.1, 0.15) is 0 Å². The summed E-state index contributed by atoms with van der Waals surface area (Å²) in [5, 5.41) is 37.6. The van der Waals surface area contributed by atoms with E-state index in [-0.39, 0.29) is 6.61 Å². The van der Waals surface area contributed by atoms with Crippen LogP contribution in [0.3, 0.4) is 0 Å². The average molecular weight is 615 g/mol. The third-order valence-electron chi connectivity index (χ3n) is 8.06. The number of aromatic amines is 2. The van der Waals surface area contributed by atoms with Gasteiger partial charge in [-0.1, -0.05) is 149 Å². The first-order chi connectivity index (χ1) is 22.8. The lowest BCUT2D eigenvalue weighted by Crippen LogP contribution is -1.89. The third-order valence-corrected chi connectivity index (χ3v) is 8.06. The molecule has 6 rings (SSSR count). The maximum absolute atomic E-state index is 9.07. The molecule has 0 atom stereocenters. The van der Waals surface area contributed by atoms with Crippen molar-refractivity contribution in [1.29, 1.82) is 0 Å². The van der Waals surface area contributed by atoms with Crippen molar-refractivity contribution >= 4 is 0 Å².